The lowest BCUT2D eigenvalue weighted by molar-refractivity contribution is 0.503. The number of rotatable bonds is 1. The van der Waals surface area contributed by atoms with Gasteiger partial charge in [0.25, 0.3) is 0 Å². The molecule has 1 saturated carbocycles. The van der Waals surface area contributed by atoms with E-state index in [0.717, 1.165) is 5.82 Å². The van der Waals surface area contributed by atoms with Crippen LogP contribution in [0.5, 0.6) is 0 Å². The predicted molar refractivity (Wildman–Crippen MR) is 50.8 cm³/mol. The van der Waals surface area contributed by atoms with E-state index < -0.39 is 0 Å². The number of thiol groups is 1. The minimum absolute atomic E-state index is 0.809. The Morgan fingerprint density at radius 2 is 1.40 bits per heavy atom. The number of hydrogen-bond donors (Lipinski definition) is 1. The molecular formula is C8H16BS. The summed E-state index contributed by atoms with van der Waals surface area (Å²) < 4.78 is 0. The molecule has 0 atom stereocenters. The lowest BCUT2D eigenvalue weighted by Crippen LogP contribution is -2.01. The van der Waals surface area contributed by atoms with Crippen molar-refractivity contribution in [3.8, 4) is 0 Å². The number of hydrogen-bond acceptors (Lipinski definition) is 1. The normalized spacial score (nSPS) is 23.3. The smallest absolute Gasteiger partial charge is 0.190 e. The van der Waals surface area contributed by atoms with Gasteiger partial charge in [0.2, 0.25) is 0 Å². The molecule has 0 saturated heterocycles. The van der Waals surface area contributed by atoms with Gasteiger partial charge in [0.15, 0.2) is 6.56 Å². The van der Waals surface area contributed by atoms with Crippen LogP contribution in [0.15, 0.2) is 0 Å². The second-order valence-corrected chi connectivity index (χ2v) is 3.55. The van der Waals surface area contributed by atoms with Gasteiger partial charge >= 0.3 is 0 Å². The Kier molecular flexibility index (Phi) is 4.35. The highest BCUT2D eigenvalue weighted by molar-refractivity contribution is 8.07. The summed E-state index contributed by atoms with van der Waals surface area (Å²) in [7, 11) is 0. The largest absolute Gasteiger partial charge is 0.235 e. The monoisotopic (exact) mass is 155 g/mol. The van der Waals surface area contributed by atoms with Crippen LogP contribution in [0, 0.1) is 0 Å². The van der Waals surface area contributed by atoms with Crippen LogP contribution in [0.25, 0.3) is 0 Å². The minimum Gasteiger partial charge on any atom is -0.235 e. The van der Waals surface area contributed by atoms with Gasteiger partial charge in [-0.15, -0.1) is 0 Å². The molecule has 0 bridgehead atoms. The molecule has 0 unspecified atom stereocenters. The molecule has 0 aromatic heterocycles. The van der Waals surface area contributed by atoms with Crippen LogP contribution >= 0.6 is 12.5 Å². The molecule has 2 heteroatoms. The maximum Gasteiger partial charge on any atom is 0.190 e. The molecule has 0 spiro atoms. The molecule has 0 N–H and O–H groups in total. The van der Waals surface area contributed by atoms with Crippen LogP contribution in [0.2, 0.25) is 5.82 Å². The summed E-state index contributed by atoms with van der Waals surface area (Å²) in [6, 6.07) is 0. The van der Waals surface area contributed by atoms with E-state index in [2.05, 4.69) is 19.0 Å². The van der Waals surface area contributed by atoms with E-state index in [4.69, 9.17) is 0 Å². The second kappa shape index (κ2) is 5.12. The van der Waals surface area contributed by atoms with Gasteiger partial charge in [0.1, 0.15) is 0 Å². The Morgan fingerprint density at radius 3 is 1.90 bits per heavy atom. The molecule has 1 radical (unpaired) electrons. The van der Waals surface area contributed by atoms with Gasteiger partial charge < -0.3 is 0 Å². The summed E-state index contributed by atoms with van der Waals surface area (Å²) in [4.78, 5) is 0. The molecule has 0 aromatic rings. The van der Waals surface area contributed by atoms with Crippen molar-refractivity contribution in [1.82, 2.24) is 0 Å². The first-order chi connectivity index (χ1) is 4.93. The Hall–Kier alpha value is 0.415. The quantitative estimate of drug-likeness (QED) is 0.436. The highest BCUT2D eigenvalue weighted by Gasteiger charge is 2.09. The van der Waals surface area contributed by atoms with Crippen molar-refractivity contribution in [1.29, 1.82) is 0 Å². The Labute approximate surface area is 70.3 Å². The molecule has 0 heterocycles. The second-order valence-electron chi connectivity index (χ2n) is 3.25. The van der Waals surface area contributed by atoms with Crippen molar-refractivity contribution in [3.05, 3.63) is 0 Å². The third-order valence-electron chi connectivity index (χ3n) is 2.36. The van der Waals surface area contributed by atoms with Crippen LogP contribution in [0.1, 0.15) is 44.9 Å². The van der Waals surface area contributed by atoms with E-state index in [1.165, 1.54) is 44.9 Å². The van der Waals surface area contributed by atoms with E-state index in [9.17, 15) is 0 Å². The van der Waals surface area contributed by atoms with Crippen molar-refractivity contribution >= 4 is 19.0 Å². The zero-order valence-electron chi connectivity index (χ0n) is 6.55. The van der Waals surface area contributed by atoms with Crippen LogP contribution < -0.4 is 0 Å². The first-order valence-corrected chi connectivity index (χ1v) is 4.92. The third-order valence-corrected chi connectivity index (χ3v) is 2.78. The van der Waals surface area contributed by atoms with Crippen molar-refractivity contribution in [2.24, 2.45) is 0 Å². The fourth-order valence-electron chi connectivity index (χ4n) is 1.64. The zero-order valence-corrected chi connectivity index (χ0v) is 7.45. The maximum atomic E-state index is 4.22. The average molecular weight is 155 g/mol. The summed E-state index contributed by atoms with van der Waals surface area (Å²) in [5, 5.41) is 0. The molecule has 1 aliphatic carbocycles. The average Bonchev–Trinajstić information content (AvgIpc) is 1.87. The van der Waals surface area contributed by atoms with Gasteiger partial charge in [-0.05, 0) is 0 Å². The van der Waals surface area contributed by atoms with E-state index in [0.29, 0.717) is 0 Å². The molecule has 1 fully saturated rings. The highest BCUT2D eigenvalue weighted by atomic mass is 32.1. The summed E-state index contributed by atoms with van der Waals surface area (Å²) in [6.45, 7) is 2.09. The summed E-state index contributed by atoms with van der Waals surface area (Å²) in [5.74, 6) is 0.809. The molecule has 1 aliphatic rings. The van der Waals surface area contributed by atoms with Crippen LogP contribution in [0.3, 0.4) is 0 Å². The van der Waals surface area contributed by atoms with Gasteiger partial charge in [-0.2, -0.15) is 0 Å². The van der Waals surface area contributed by atoms with E-state index in [1.807, 2.05) is 0 Å². The van der Waals surface area contributed by atoms with Gasteiger partial charge in [0, 0.05) is 0 Å². The first-order valence-electron chi connectivity index (χ1n) is 4.41. The Morgan fingerprint density at radius 1 is 0.900 bits per heavy atom. The molecule has 0 amide bonds. The Bertz CT molecular complexity index is 77.3. The maximum absolute atomic E-state index is 4.22. The third kappa shape index (κ3) is 3.00. The van der Waals surface area contributed by atoms with Crippen molar-refractivity contribution in [2.45, 2.75) is 50.8 Å². The van der Waals surface area contributed by atoms with Crippen molar-refractivity contribution < 1.29 is 0 Å². The molecule has 0 aliphatic heterocycles. The molecular weight excluding hydrogens is 139 g/mol. The van der Waals surface area contributed by atoms with Crippen molar-refractivity contribution in [2.75, 3.05) is 0 Å². The van der Waals surface area contributed by atoms with E-state index in [-0.39, 0.29) is 0 Å². The minimum atomic E-state index is 0.809. The SMILES string of the molecule is S[B]C1CCCCCCC1. The van der Waals surface area contributed by atoms with Crippen molar-refractivity contribution in [3.63, 3.8) is 0 Å². The fourth-order valence-corrected chi connectivity index (χ4v) is 1.93. The summed E-state index contributed by atoms with van der Waals surface area (Å²) >= 11 is 4.22. The summed E-state index contributed by atoms with van der Waals surface area (Å²) in [6.07, 6.45) is 9.94. The molecule has 10 heavy (non-hydrogen) atoms. The van der Waals surface area contributed by atoms with Gasteiger partial charge in [-0.1, -0.05) is 50.8 Å². The van der Waals surface area contributed by atoms with Gasteiger partial charge in [-0.3, -0.25) is 0 Å². The molecule has 1 rings (SSSR count). The predicted octanol–water partition coefficient (Wildman–Crippen LogP) is 3.07. The Balaban J connectivity index is 2.16. The zero-order chi connectivity index (χ0) is 7.23. The first kappa shape index (κ1) is 8.51. The topological polar surface area (TPSA) is 0 Å². The standard InChI is InChI=1S/C8H16BS/c10-9-8-6-4-2-1-3-5-7-8/h8,10H,1-7H2. The van der Waals surface area contributed by atoms with Crippen LogP contribution in [0.4, 0.5) is 0 Å². The highest BCUT2D eigenvalue weighted by Crippen LogP contribution is 2.26. The summed E-state index contributed by atoms with van der Waals surface area (Å²) in [5.41, 5.74) is 0. The van der Waals surface area contributed by atoms with Gasteiger partial charge in [-0.25, -0.2) is 12.5 Å². The lowest BCUT2D eigenvalue weighted by atomic mass is 9.76. The van der Waals surface area contributed by atoms with Crippen LogP contribution in [-0.4, -0.2) is 6.56 Å². The molecule has 0 nitrogen and oxygen atoms in total. The fraction of sp³-hybridized carbons (Fsp3) is 1.00. The van der Waals surface area contributed by atoms with Gasteiger partial charge in [0.05, 0.1) is 0 Å². The lowest BCUT2D eigenvalue weighted by Gasteiger charge is -2.16. The molecule has 0 aromatic carbocycles. The molecule has 57 valence electrons. The van der Waals surface area contributed by atoms with E-state index in [1.54, 1.807) is 0 Å². The van der Waals surface area contributed by atoms with Crippen LogP contribution in [-0.2, 0) is 0 Å². The van der Waals surface area contributed by atoms with E-state index >= 15 is 0 Å².